The van der Waals surface area contributed by atoms with Gasteiger partial charge in [0, 0.05) is 44.3 Å². The third kappa shape index (κ3) is 6.35. The molecule has 0 amide bonds. The van der Waals surface area contributed by atoms with Gasteiger partial charge < -0.3 is 15.5 Å². The van der Waals surface area contributed by atoms with Gasteiger partial charge in [0.2, 0.25) is 0 Å². The van der Waals surface area contributed by atoms with Crippen molar-refractivity contribution in [1.82, 2.24) is 25.4 Å². The van der Waals surface area contributed by atoms with Gasteiger partial charge in [-0.25, -0.2) is 9.98 Å². The van der Waals surface area contributed by atoms with E-state index in [0.29, 0.717) is 11.6 Å². The van der Waals surface area contributed by atoms with E-state index in [2.05, 4.69) is 56.8 Å². The third-order valence-corrected chi connectivity index (χ3v) is 5.62. The largest absolute Gasteiger partial charge is 0.357 e. The highest BCUT2D eigenvalue weighted by atomic mass is 127. The fourth-order valence-electron chi connectivity index (χ4n) is 3.79. The molecule has 170 valence electrons. The SMILES string of the molecule is CCNC(=NCc1ccccc1Cn1cccn1)NC1CCN(c2ncccc2Cl)C1.I. The average molecular weight is 566 g/mol. The van der Waals surface area contributed by atoms with E-state index in [0.717, 1.165) is 44.4 Å². The van der Waals surface area contributed by atoms with E-state index >= 15 is 0 Å². The molecule has 7 nitrogen and oxygen atoms in total. The quantitative estimate of drug-likeness (QED) is 0.258. The van der Waals surface area contributed by atoms with Crippen molar-refractivity contribution in [2.75, 3.05) is 24.5 Å². The maximum Gasteiger partial charge on any atom is 0.191 e. The van der Waals surface area contributed by atoms with Crippen LogP contribution in [-0.4, -0.2) is 46.4 Å². The Balaban J connectivity index is 0.00000289. The second kappa shape index (κ2) is 12.1. The molecule has 3 heterocycles. The molecule has 0 aliphatic carbocycles. The Morgan fingerprint density at radius 2 is 2.00 bits per heavy atom. The van der Waals surface area contributed by atoms with Gasteiger partial charge in [-0.15, -0.1) is 24.0 Å². The standard InChI is InChI=1S/C23H28ClN7.HI/c1-2-25-23(29-20-10-14-30(17-20)22-21(24)9-5-11-26-22)27-15-18-7-3-4-8-19(18)16-31-13-6-12-28-31;/h3-9,11-13,20H,2,10,14-17H2,1H3,(H2,25,27,29);1H. The lowest BCUT2D eigenvalue weighted by atomic mass is 10.1. The molecular weight excluding hydrogens is 537 g/mol. The molecule has 3 aromatic rings. The van der Waals surface area contributed by atoms with Crippen molar-refractivity contribution in [3.63, 3.8) is 0 Å². The first-order valence-corrected chi connectivity index (χ1v) is 11.0. The lowest BCUT2D eigenvalue weighted by Gasteiger charge is -2.20. The molecule has 1 fully saturated rings. The van der Waals surface area contributed by atoms with Gasteiger partial charge in [-0.05, 0) is 42.7 Å². The molecule has 2 aromatic heterocycles. The Morgan fingerprint density at radius 3 is 2.75 bits per heavy atom. The van der Waals surface area contributed by atoms with Gasteiger partial charge in [-0.3, -0.25) is 4.68 Å². The summed E-state index contributed by atoms with van der Waals surface area (Å²) in [6.45, 7) is 6.00. The molecule has 0 spiro atoms. The Hall–Kier alpha value is -2.33. The minimum absolute atomic E-state index is 0. The molecular formula is C23H29ClIN7. The highest BCUT2D eigenvalue weighted by Gasteiger charge is 2.25. The second-order valence-electron chi connectivity index (χ2n) is 7.55. The van der Waals surface area contributed by atoms with E-state index in [-0.39, 0.29) is 30.0 Å². The number of hydrogen-bond donors (Lipinski definition) is 2. The van der Waals surface area contributed by atoms with Crippen molar-refractivity contribution in [3.05, 3.63) is 77.2 Å². The van der Waals surface area contributed by atoms with Gasteiger partial charge in [0.15, 0.2) is 5.96 Å². The summed E-state index contributed by atoms with van der Waals surface area (Å²) >= 11 is 6.32. The van der Waals surface area contributed by atoms with Gasteiger partial charge in [0.1, 0.15) is 5.82 Å². The van der Waals surface area contributed by atoms with Gasteiger partial charge in [-0.1, -0.05) is 35.9 Å². The molecule has 32 heavy (non-hydrogen) atoms. The van der Waals surface area contributed by atoms with Crippen LogP contribution in [0.25, 0.3) is 0 Å². The molecule has 1 unspecified atom stereocenters. The summed E-state index contributed by atoms with van der Waals surface area (Å²) in [5.74, 6) is 1.68. The first-order valence-electron chi connectivity index (χ1n) is 10.7. The number of hydrogen-bond acceptors (Lipinski definition) is 4. The van der Waals surface area contributed by atoms with Crippen LogP contribution in [0.15, 0.2) is 66.0 Å². The minimum atomic E-state index is 0. The summed E-state index contributed by atoms with van der Waals surface area (Å²) in [5, 5.41) is 12.0. The summed E-state index contributed by atoms with van der Waals surface area (Å²) in [7, 11) is 0. The lowest BCUT2D eigenvalue weighted by molar-refractivity contribution is 0.648. The molecule has 2 N–H and O–H groups in total. The topological polar surface area (TPSA) is 70.4 Å². The fraction of sp³-hybridized carbons (Fsp3) is 0.348. The summed E-state index contributed by atoms with van der Waals surface area (Å²) in [4.78, 5) is 11.5. The Morgan fingerprint density at radius 1 is 1.16 bits per heavy atom. The van der Waals surface area contributed by atoms with Crippen molar-refractivity contribution in [2.24, 2.45) is 4.99 Å². The van der Waals surface area contributed by atoms with E-state index in [1.54, 1.807) is 12.4 Å². The Labute approximate surface area is 211 Å². The number of aliphatic imine (C=N–C) groups is 1. The molecule has 1 saturated heterocycles. The fourth-order valence-corrected chi connectivity index (χ4v) is 4.03. The number of guanidine groups is 1. The first-order chi connectivity index (χ1) is 15.2. The van der Waals surface area contributed by atoms with Gasteiger partial charge in [0.25, 0.3) is 0 Å². The Bertz CT molecular complexity index is 1010. The number of halogens is 2. The zero-order valence-corrected chi connectivity index (χ0v) is 21.2. The molecule has 4 rings (SSSR count). The number of benzene rings is 1. The highest BCUT2D eigenvalue weighted by Crippen LogP contribution is 2.25. The van der Waals surface area contributed by atoms with Crippen LogP contribution in [0.1, 0.15) is 24.5 Å². The monoisotopic (exact) mass is 565 g/mol. The van der Waals surface area contributed by atoms with Crippen molar-refractivity contribution in [3.8, 4) is 0 Å². The van der Waals surface area contributed by atoms with Crippen molar-refractivity contribution in [2.45, 2.75) is 32.5 Å². The maximum absolute atomic E-state index is 6.32. The van der Waals surface area contributed by atoms with Crippen molar-refractivity contribution >= 4 is 47.4 Å². The predicted molar refractivity (Wildman–Crippen MR) is 141 cm³/mol. The molecule has 9 heteroatoms. The molecule has 1 aliphatic heterocycles. The van der Waals surface area contributed by atoms with Crippen LogP contribution in [0.2, 0.25) is 5.02 Å². The van der Waals surface area contributed by atoms with E-state index in [1.807, 2.05) is 29.1 Å². The Kier molecular flexibility index (Phi) is 9.16. The van der Waals surface area contributed by atoms with Crippen molar-refractivity contribution in [1.29, 1.82) is 0 Å². The van der Waals surface area contributed by atoms with Crippen LogP contribution in [0.3, 0.4) is 0 Å². The normalized spacial score (nSPS) is 16.0. The third-order valence-electron chi connectivity index (χ3n) is 5.33. The van der Waals surface area contributed by atoms with Crippen molar-refractivity contribution < 1.29 is 0 Å². The van der Waals surface area contributed by atoms with Crippen LogP contribution in [0, 0.1) is 0 Å². The zero-order valence-electron chi connectivity index (χ0n) is 18.1. The zero-order chi connectivity index (χ0) is 21.5. The number of rotatable bonds is 7. The lowest BCUT2D eigenvalue weighted by Crippen LogP contribution is -2.44. The van der Waals surface area contributed by atoms with E-state index < -0.39 is 0 Å². The summed E-state index contributed by atoms with van der Waals surface area (Å²) in [5.41, 5.74) is 2.42. The molecule has 1 aliphatic rings. The van der Waals surface area contributed by atoms with Crippen LogP contribution in [-0.2, 0) is 13.1 Å². The number of anilines is 1. The smallest absolute Gasteiger partial charge is 0.191 e. The van der Waals surface area contributed by atoms with Gasteiger partial charge in [0.05, 0.1) is 18.1 Å². The van der Waals surface area contributed by atoms with Crippen LogP contribution in [0.4, 0.5) is 5.82 Å². The molecule has 1 atom stereocenters. The van der Waals surface area contributed by atoms with Gasteiger partial charge in [-0.2, -0.15) is 5.10 Å². The highest BCUT2D eigenvalue weighted by molar-refractivity contribution is 14.0. The van der Waals surface area contributed by atoms with Crippen LogP contribution >= 0.6 is 35.6 Å². The summed E-state index contributed by atoms with van der Waals surface area (Å²) < 4.78 is 1.93. The summed E-state index contributed by atoms with van der Waals surface area (Å²) in [6.07, 6.45) is 6.57. The van der Waals surface area contributed by atoms with E-state index in [1.165, 1.54) is 11.1 Å². The molecule has 0 saturated carbocycles. The first kappa shape index (κ1) is 24.3. The van der Waals surface area contributed by atoms with E-state index in [9.17, 15) is 0 Å². The second-order valence-corrected chi connectivity index (χ2v) is 7.96. The van der Waals surface area contributed by atoms with Gasteiger partial charge >= 0.3 is 0 Å². The minimum Gasteiger partial charge on any atom is -0.357 e. The number of nitrogens with zero attached hydrogens (tertiary/aromatic N) is 5. The number of pyridine rings is 1. The summed E-state index contributed by atoms with van der Waals surface area (Å²) in [6, 6.07) is 14.4. The molecule has 0 radical (unpaired) electrons. The predicted octanol–water partition coefficient (Wildman–Crippen LogP) is 3.93. The molecule has 0 bridgehead atoms. The van der Waals surface area contributed by atoms with E-state index in [4.69, 9.17) is 16.6 Å². The van der Waals surface area contributed by atoms with Crippen LogP contribution < -0.4 is 15.5 Å². The van der Waals surface area contributed by atoms with Crippen LogP contribution in [0.5, 0.6) is 0 Å². The number of aromatic nitrogens is 3. The number of nitrogens with one attached hydrogen (secondary N) is 2. The maximum atomic E-state index is 6.32. The molecule has 1 aromatic carbocycles. The average Bonchev–Trinajstić information content (AvgIpc) is 3.46.